The molecule has 7 heteroatoms. The first-order valence-corrected chi connectivity index (χ1v) is 11.8. The maximum absolute atomic E-state index is 12.0. The van der Waals surface area contributed by atoms with Gasteiger partial charge in [0, 0.05) is 23.6 Å². The minimum absolute atomic E-state index is 0.119. The van der Waals surface area contributed by atoms with Gasteiger partial charge >= 0.3 is 0 Å². The molecule has 0 saturated heterocycles. The summed E-state index contributed by atoms with van der Waals surface area (Å²) >= 11 is 0. The second kappa shape index (κ2) is 12.4. The molecule has 0 aliphatic heterocycles. The fourth-order valence-electron chi connectivity index (χ4n) is 3.98. The predicted octanol–water partition coefficient (Wildman–Crippen LogP) is 5.88. The SMILES string of the molecule is CC.N#CCC1CCCCC1.O=C(NCc1nc2c(cnc3[nH]ccc32)[nH]1)c1ccccc1. The van der Waals surface area contributed by atoms with E-state index < -0.39 is 0 Å². The molecule has 1 aromatic carbocycles. The fourth-order valence-corrected chi connectivity index (χ4v) is 3.98. The van der Waals surface area contributed by atoms with E-state index in [1.165, 1.54) is 32.1 Å². The van der Waals surface area contributed by atoms with Crippen molar-refractivity contribution in [3.63, 3.8) is 0 Å². The first kappa shape index (κ1) is 24.0. The number of amides is 1. The number of nitriles is 1. The third-order valence-corrected chi connectivity index (χ3v) is 5.64. The number of carbonyl (C=O) groups is 1. The standard InChI is InChI=1S/C16H13N5O.C8H13N.C2H6/c22-16(10-4-2-1-3-5-10)19-9-13-20-12-8-18-15-11(6-7-17-15)14(12)21-13;9-7-6-8-4-2-1-3-5-8;1-2/h1-8H,9H2,(H,17,18)(H,19,22)(H,20,21);8H,1-6H2;1-2H3. The van der Waals surface area contributed by atoms with Crippen LogP contribution in [0.5, 0.6) is 0 Å². The van der Waals surface area contributed by atoms with Crippen molar-refractivity contribution in [1.29, 1.82) is 5.26 Å². The molecule has 1 saturated carbocycles. The third-order valence-electron chi connectivity index (χ3n) is 5.64. The number of aromatic amines is 2. The number of fused-ring (bicyclic) bond motifs is 3. The Labute approximate surface area is 194 Å². The highest BCUT2D eigenvalue weighted by Gasteiger charge is 2.12. The molecule has 3 aromatic heterocycles. The lowest BCUT2D eigenvalue weighted by Gasteiger charge is -2.17. The number of hydrogen-bond donors (Lipinski definition) is 3. The van der Waals surface area contributed by atoms with Gasteiger partial charge in [0.15, 0.2) is 0 Å². The van der Waals surface area contributed by atoms with Gasteiger partial charge in [0.25, 0.3) is 5.91 Å². The molecular weight excluding hydrogens is 412 g/mol. The Morgan fingerprint density at radius 2 is 1.91 bits per heavy atom. The molecule has 3 N–H and O–H groups in total. The predicted molar refractivity (Wildman–Crippen MR) is 132 cm³/mol. The van der Waals surface area contributed by atoms with Crippen molar-refractivity contribution < 1.29 is 4.79 Å². The van der Waals surface area contributed by atoms with Gasteiger partial charge in [0.2, 0.25) is 0 Å². The van der Waals surface area contributed by atoms with Crippen molar-refractivity contribution in [1.82, 2.24) is 25.3 Å². The van der Waals surface area contributed by atoms with Crippen molar-refractivity contribution in [2.45, 2.75) is 58.9 Å². The number of aromatic nitrogens is 4. The summed E-state index contributed by atoms with van der Waals surface area (Å²) in [4.78, 5) is 27.1. The Balaban J connectivity index is 0.000000234. The highest BCUT2D eigenvalue weighted by atomic mass is 16.1. The molecule has 1 amide bonds. The highest BCUT2D eigenvalue weighted by molar-refractivity contribution is 6.00. The topological polar surface area (TPSA) is 110 Å². The summed E-state index contributed by atoms with van der Waals surface area (Å²) in [7, 11) is 0. The van der Waals surface area contributed by atoms with Crippen LogP contribution in [0.2, 0.25) is 0 Å². The number of nitrogens with one attached hydrogen (secondary N) is 3. The minimum atomic E-state index is -0.119. The molecule has 4 aromatic rings. The van der Waals surface area contributed by atoms with Gasteiger partial charge in [-0.1, -0.05) is 51.3 Å². The molecule has 7 nitrogen and oxygen atoms in total. The summed E-state index contributed by atoms with van der Waals surface area (Å²) in [5, 5.41) is 12.2. The van der Waals surface area contributed by atoms with E-state index in [9.17, 15) is 4.79 Å². The van der Waals surface area contributed by atoms with Crippen LogP contribution >= 0.6 is 0 Å². The summed E-state index contributed by atoms with van der Waals surface area (Å²) in [6.45, 7) is 4.34. The van der Waals surface area contributed by atoms with Gasteiger partial charge in [-0.2, -0.15) is 5.26 Å². The van der Waals surface area contributed by atoms with Crippen molar-refractivity contribution in [3.05, 3.63) is 60.2 Å². The summed E-state index contributed by atoms with van der Waals surface area (Å²) in [5.41, 5.74) is 3.15. The van der Waals surface area contributed by atoms with E-state index >= 15 is 0 Å². The number of hydrogen-bond acceptors (Lipinski definition) is 4. The van der Waals surface area contributed by atoms with E-state index in [4.69, 9.17) is 5.26 Å². The number of nitrogens with zero attached hydrogens (tertiary/aromatic N) is 3. The fraction of sp³-hybridized carbons (Fsp3) is 0.385. The van der Waals surface area contributed by atoms with Gasteiger partial charge < -0.3 is 15.3 Å². The van der Waals surface area contributed by atoms with E-state index in [2.05, 4.69) is 31.3 Å². The van der Waals surface area contributed by atoms with Crippen LogP contribution in [-0.2, 0) is 6.54 Å². The van der Waals surface area contributed by atoms with Gasteiger partial charge in [-0.15, -0.1) is 0 Å². The largest absolute Gasteiger partial charge is 0.346 e. The molecule has 172 valence electrons. The van der Waals surface area contributed by atoms with E-state index in [-0.39, 0.29) is 5.91 Å². The molecule has 1 aliphatic carbocycles. The van der Waals surface area contributed by atoms with Crippen LogP contribution in [0, 0.1) is 17.2 Å². The lowest BCUT2D eigenvalue weighted by molar-refractivity contribution is 0.0950. The molecule has 0 unspecified atom stereocenters. The zero-order chi connectivity index (χ0) is 23.5. The first-order chi connectivity index (χ1) is 16.2. The Hall–Kier alpha value is -3.66. The number of rotatable bonds is 4. The first-order valence-electron chi connectivity index (χ1n) is 11.8. The smallest absolute Gasteiger partial charge is 0.251 e. The number of pyridine rings is 1. The summed E-state index contributed by atoms with van der Waals surface area (Å²) in [5.74, 6) is 1.32. The molecule has 0 atom stereocenters. The Morgan fingerprint density at radius 3 is 2.64 bits per heavy atom. The molecule has 0 bridgehead atoms. The van der Waals surface area contributed by atoms with E-state index in [0.29, 0.717) is 17.9 Å². The molecule has 5 rings (SSSR count). The Bertz CT molecular complexity index is 1180. The Morgan fingerprint density at radius 1 is 1.15 bits per heavy atom. The molecular formula is C26H32N6O. The summed E-state index contributed by atoms with van der Waals surface area (Å²) in [6.07, 6.45) is 11.1. The minimum Gasteiger partial charge on any atom is -0.346 e. The van der Waals surface area contributed by atoms with E-state index in [1.807, 2.05) is 44.3 Å². The lowest BCUT2D eigenvalue weighted by atomic mass is 9.87. The summed E-state index contributed by atoms with van der Waals surface area (Å²) in [6, 6.07) is 13.3. The van der Waals surface area contributed by atoms with E-state index in [0.717, 1.165) is 34.4 Å². The van der Waals surface area contributed by atoms with Crippen LogP contribution in [0.4, 0.5) is 0 Å². The van der Waals surface area contributed by atoms with Gasteiger partial charge in [0.05, 0.1) is 24.3 Å². The van der Waals surface area contributed by atoms with Crippen LogP contribution in [-0.4, -0.2) is 25.8 Å². The molecule has 33 heavy (non-hydrogen) atoms. The van der Waals surface area contributed by atoms with Crippen molar-refractivity contribution in [3.8, 4) is 6.07 Å². The number of benzene rings is 1. The molecule has 1 aliphatic rings. The van der Waals surface area contributed by atoms with Gasteiger partial charge in [0.1, 0.15) is 17.0 Å². The van der Waals surface area contributed by atoms with Crippen molar-refractivity contribution in [2.75, 3.05) is 0 Å². The lowest BCUT2D eigenvalue weighted by Crippen LogP contribution is -2.23. The highest BCUT2D eigenvalue weighted by Crippen LogP contribution is 2.25. The number of H-pyrrole nitrogens is 2. The maximum Gasteiger partial charge on any atom is 0.251 e. The van der Waals surface area contributed by atoms with Crippen LogP contribution in [0.15, 0.2) is 48.8 Å². The molecule has 3 heterocycles. The molecule has 0 radical (unpaired) electrons. The number of imidazole rings is 1. The molecule has 0 spiro atoms. The number of carbonyl (C=O) groups excluding carboxylic acids is 1. The quantitative estimate of drug-likeness (QED) is 0.365. The Kier molecular flexibility index (Phi) is 9.01. The van der Waals surface area contributed by atoms with Gasteiger partial charge in [-0.05, 0) is 37.0 Å². The summed E-state index contributed by atoms with van der Waals surface area (Å²) < 4.78 is 0. The van der Waals surface area contributed by atoms with Crippen molar-refractivity contribution >= 4 is 28.0 Å². The van der Waals surface area contributed by atoms with Crippen LogP contribution in [0.25, 0.3) is 22.1 Å². The molecule has 1 fully saturated rings. The normalized spacial score (nSPS) is 13.4. The second-order valence-electron chi connectivity index (χ2n) is 7.86. The average molecular weight is 445 g/mol. The average Bonchev–Trinajstić information content (AvgIpc) is 3.52. The van der Waals surface area contributed by atoms with Crippen LogP contribution in [0.1, 0.15) is 68.6 Å². The van der Waals surface area contributed by atoms with E-state index in [1.54, 1.807) is 18.3 Å². The van der Waals surface area contributed by atoms with Gasteiger partial charge in [-0.25, -0.2) is 9.97 Å². The monoisotopic (exact) mass is 444 g/mol. The van der Waals surface area contributed by atoms with Gasteiger partial charge in [-0.3, -0.25) is 4.79 Å². The van der Waals surface area contributed by atoms with Crippen LogP contribution in [0.3, 0.4) is 0 Å². The zero-order valence-corrected chi connectivity index (χ0v) is 19.4. The maximum atomic E-state index is 12.0. The van der Waals surface area contributed by atoms with Crippen molar-refractivity contribution in [2.24, 2.45) is 5.92 Å². The van der Waals surface area contributed by atoms with Crippen LogP contribution < -0.4 is 5.32 Å². The zero-order valence-electron chi connectivity index (χ0n) is 19.4. The third kappa shape index (κ3) is 6.42. The second-order valence-corrected chi connectivity index (χ2v) is 7.86.